The first-order chi connectivity index (χ1) is 11.1. The van der Waals surface area contributed by atoms with E-state index in [1.807, 2.05) is 11.8 Å². The highest BCUT2D eigenvalue weighted by Gasteiger charge is 2.21. The van der Waals surface area contributed by atoms with Crippen LogP contribution in [0.4, 0.5) is 0 Å². The molecule has 2 amide bonds. The van der Waals surface area contributed by atoms with Crippen LogP contribution in [0.5, 0.6) is 0 Å². The van der Waals surface area contributed by atoms with Crippen molar-refractivity contribution < 1.29 is 14.3 Å². The van der Waals surface area contributed by atoms with Crippen molar-refractivity contribution in [3.05, 3.63) is 34.9 Å². The SMILES string of the molecule is CCN(C[C@@H]1CCOC1)C(=O)CCNC(=O)c1ccc(Cl)cc1. The van der Waals surface area contributed by atoms with Gasteiger partial charge in [0.2, 0.25) is 5.91 Å². The minimum absolute atomic E-state index is 0.0656. The van der Waals surface area contributed by atoms with Crippen molar-refractivity contribution in [3.63, 3.8) is 0 Å². The van der Waals surface area contributed by atoms with Crippen LogP contribution in [0.1, 0.15) is 30.1 Å². The molecule has 6 heteroatoms. The van der Waals surface area contributed by atoms with Crippen molar-refractivity contribution in [2.45, 2.75) is 19.8 Å². The van der Waals surface area contributed by atoms with Crippen LogP contribution in [-0.2, 0) is 9.53 Å². The van der Waals surface area contributed by atoms with Gasteiger partial charge in [0, 0.05) is 49.2 Å². The predicted molar refractivity (Wildman–Crippen MR) is 89.6 cm³/mol. The molecular formula is C17H23ClN2O3. The molecule has 0 bridgehead atoms. The van der Waals surface area contributed by atoms with E-state index in [4.69, 9.17) is 16.3 Å². The summed E-state index contributed by atoms with van der Waals surface area (Å²) in [5.74, 6) is 0.306. The van der Waals surface area contributed by atoms with E-state index in [0.29, 0.717) is 36.0 Å². The van der Waals surface area contributed by atoms with Crippen molar-refractivity contribution in [3.8, 4) is 0 Å². The summed E-state index contributed by atoms with van der Waals surface area (Å²) in [4.78, 5) is 26.0. The van der Waals surface area contributed by atoms with Crippen molar-refractivity contribution in [1.29, 1.82) is 0 Å². The quantitative estimate of drug-likeness (QED) is 0.830. The lowest BCUT2D eigenvalue weighted by Crippen LogP contribution is -2.37. The number of ether oxygens (including phenoxy) is 1. The summed E-state index contributed by atoms with van der Waals surface area (Å²) >= 11 is 5.79. The first-order valence-corrected chi connectivity index (χ1v) is 8.37. The predicted octanol–water partition coefficient (Wildman–Crippen LogP) is 2.34. The lowest BCUT2D eigenvalue weighted by atomic mass is 10.1. The first-order valence-electron chi connectivity index (χ1n) is 7.99. The van der Waals surface area contributed by atoms with Crippen LogP contribution in [0.25, 0.3) is 0 Å². The average molecular weight is 339 g/mol. The number of carbonyl (C=O) groups is 2. The van der Waals surface area contributed by atoms with Gasteiger partial charge in [0.25, 0.3) is 5.91 Å². The molecule has 23 heavy (non-hydrogen) atoms. The number of benzene rings is 1. The normalized spacial score (nSPS) is 17.0. The number of hydrogen-bond acceptors (Lipinski definition) is 3. The summed E-state index contributed by atoms with van der Waals surface area (Å²) in [6.45, 7) is 5.24. The fraction of sp³-hybridized carbons (Fsp3) is 0.529. The third-order valence-electron chi connectivity index (χ3n) is 3.97. The Morgan fingerprint density at radius 1 is 1.35 bits per heavy atom. The molecule has 1 aliphatic rings. The summed E-state index contributed by atoms with van der Waals surface area (Å²) in [5, 5.41) is 3.36. The van der Waals surface area contributed by atoms with Crippen LogP contribution in [-0.4, -0.2) is 49.6 Å². The second kappa shape index (κ2) is 8.89. The molecule has 1 heterocycles. The van der Waals surface area contributed by atoms with Gasteiger partial charge >= 0.3 is 0 Å². The third kappa shape index (κ3) is 5.52. The van der Waals surface area contributed by atoms with E-state index in [1.54, 1.807) is 24.3 Å². The molecule has 0 saturated carbocycles. The van der Waals surface area contributed by atoms with E-state index in [9.17, 15) is 9.59 Å². The van der Waals surface area contributed by atoms with Gasteiger partial charge in [-0.2, -0.15) is 0 Å². The zero-order valence-corrected chi connectivity index (χ0v) is 14.1. The first kappa shape index (κ1) is 17.8. The van der Waals surface area contributed by atoms with Gasteiger partial charge in [-0.3, -0.25) is 9.59 Å². The molecular weight excluding hydrogens is 316 g/mol. The highest BCUT2D eigenvalue weighted by Crippen LogP contribution is 2.14. The number of hydrogen-bond donors (Lipinski definition) is 1. The molecule has 1 atom stereocenters. The summed E-state index contributed by atoms with van der Waals surface area (Å²) in [6.07, 6.45) is 1.32. The molecule has 1 aromatic rings. The van der Waals surface area contributed by atoms with Gasteiger partial charge in [0.15, 0.2) is 0 Å². The Kier molecular flexibility index (Phi) is 6.86. The summed E-state index contributed by atoms with van der Waals surface area (Å²) < 4.78 is 5.35. The van der Waals surface area contributed by atoms with Crippen LogP contribution in [0.3, 0.4) is 0 Å². The maximum atomic E-state index is 12.2. The van der Waals surface area contributed by atoms with E-state index in [0.717, 1.165) is 26.2 Å². The molecule has 1 N–H and O–H groups in total. The fourth-order valence-electron chi connectivity index (χ4n) is 2.59. The molecule has 0 aliphatic carbocycles. The lowest BCUT2D eigenvalue weighted by Gasteiger charge is -2.23. The molecule has 1 fully saturated rings. The monoisotopic (exact) mass is 338 g/mol. The standard InChI is InChI=1S/C17H23ClN2O3/c1-2-20(11-13-8-10-23-12-13)16(21)7-9-19-17(22)14-3-5-15(18)6-4-14/h3-6,13H,2,7-12H2,1H3,(H,19,22)/t13-/m0/s1. The number of carbonyl (C=O) groups excluding carboxylic acids is 2. The molecule has 5 nitrogen and oxygen atoms in total. The maximum Gasteiger partial charge on any atom is 0.251 e. The van der Waals surface area contributed by atoms with Gasteiger partial charge in [0.1, 0.15) is 0 Å². The Balaban J connectivity index is 1.74. The van der Waals surface area contributed by atoms with Gasteiger partial charge in [-0.15, -0.1) is 0 Å². The van der Waals surface area contributed by atoms with E-state index >= 15 is 0 Å². The Hall–Kier alpha value is -1.59. The Bertz CT molecular complexity index is 527. The summed E-state index contributed by atoms with van der Waals surface area (Å²) in [5.41, 5.74) is 0.539. The van der Waals surface area contributed by atoms with Crippen molar-refractivity contribution in [2.24, 2.45) is 5.92 Å². The molecule has 1 aliphatic heterocycles. The minimum Gasteiger partial charge on any atom is -0.381 e. The van der Waals surface area contributed by atoms with Crippen LogP contribution in [0, 0.1) is 5.92 Å². The molecule has 0 spiro atoms. The summed E-state index contributed by atoms with van der Waals surface area (Å²) in [7, 11) is 0. The Labute approximate surface area is 141 Å². The maximum absolute atomic E-state index is 12.2. The van der Waals surface area contributed by atoms with Crippen molar-refractivity contribution in [2.75, 3.05) is 32.8 Å². The fourth-order valence-corrected chi connectivity index (χ4v) is 2.72. The molecule has 0 unspecified atom stereocenters. The van der Waals surface area contributed by atoms with Gasteiger partial charge in [-0.25, -0.2) is 0 Å². The number of nitrogens with zero attached hydrogens (tertiary/aromatic N) is 1. The van der Waals surface area contributed by atoms with Crippen molar-refractivity contribution >= 4 is 23.4 Å². The average Bonchev–Trinajstić information content (AvgIpc) is 3.06. The number of amides is 2. The number of nitrogens with one attached hydrogen (secondary N) is 1. The second-order valence-corrected chi connectivity index (χ2v) is 6.11. The van der Waals surface area contributed by atoms with Gasteiger partial charge < -0.3 is 15.0 Å². The topological polar surface area (TPSA) is 58.6 Å². The molecule has 0 aromatic heterocycles. The zero-order valence-electron chi connectivity index (χ0n) is 13.4. The van der Waals surface area contributed by atoms with Gasteiger partial charge in [0.05, 0.1) is 6.61 Å². The number of halogens is 1. The molecule has 0 radical (unpaired) electrons. The Morgan fingerprint density at radius 3 is 2.70 bits per heavy atom. The second-order valence-electron chi connectivity index (χ2n) is 5.67. The lowest BCUT2D eigenvalue weighted by molar-refractivity contribution is -0.131. The zero-order chi connectivity index (χ0) is 16.7. The smallest absolute Gasteiger partial charge is 0.251 e. The molecule has 126 valence electrons. The highest BCUT2D eigenvalue weighted by molar-refractivity contribution is 6.30. The molecule has 1 saturated heterocycles. The number of rotatable bonds is 7. The van der Waals surface area contributed by atoms with Gasteiger partial charge in [-0.05, 0) is 37.6 Å². The van der Waals surface area contributed by atoms with Crippen LogP contribution >= 0.6 is 11.6 Å². The molecule has 1 aromatic carbocycles. The van der Waals surface area contributed by atoms with Crippen LogP contribution in [0.2, 0.25) is 5.02 Å². The molecule has 2 rings (SSSR count). The highest BCUT2D eigenvalue weighted by atomic mass is 35.5. The third-order valence-corrected chi connectivity index (χ3v) is 4.22. The Morgan fingerprint density at radius 2 is 2.09 bits per heavy atom. The van der Waals surface area contributed by atoms with E-state index in [-0.39, 0.29) is 11.8 Å². The van der Waals surface area contributed by atoms with Crippen LogP contribution < -0.4 is 5.32 Å². The van der Waals surface area contributed by atoms with E-state index in [2.05, 4.69) is 5.32 Å². The largest absolute Gasteiger partial charge is 0.381 e. The van der Waals surface area contributed by atoms with Crippen LogP contribution in [0.15, 0.2) is 24.3 Å². The van der Waals surface area contributed by atoms with Crippen molar-refractivity contribution in [1.82, 2.24) is 10.2 Å². The van der Waals surface area contributed by atoms with E-state index < -0.39 is 0 Å². The van der Waals surface area contributed by atoms with Gasteiger partial charge in [-0.1, -0.05) is 11.6 Å². The minimum atomic E-state index is -0.193. The summed E-state index contributed by atoms with van der Waals surface area (Å²) in [6, 6.07) is 6.67. The van der Waals surface area contributed by atoms with E-state index in [1.165, 1.54) is 0 Å².